The van der Waals surface area contributed by atoms with E-state index in [1.807, 2.05) is 13.8 Å². The number of hydrogen-bond acceptors (Lipinski definition) is 7. The molecule has 1 aromatic rings. The second kappa shape index (κ2) is 6.62. The Morgan fingerprint density at radius 2 is 2.15 bits per heavy atom. The highest BCUT2D eigenvalue weighted by atomic mass is 16.5. The van der Waals surface area contributed by atoms with Gasteiger partial charge in [0.25, 0.3) is 5.89 Å². The molecule has 0 spiro atoms. The highest BCUT2D eigenvalue weighted by Crippen LogP contribution is 2.27. The lowest BCUT2D eigenvalue weighted by molar-refractivity contribution is -0.0272. The SMILES string of the molecule is CCC(C)(OC)c1nc(C(N)CN2CCOCC2)no1. The zero-order valence-electron chi connectivity index (χ0n) is 12.5. The van der Waals surface area contributed by atoms with Crippen molar-refractivity contribution in [3.05, 3.63) is 11.7 Å². The molecule has 2 N–H and O–H groups in total. The molecule has 7 heteroatoms. The van der Waals surface area contributed by atoms with Crippen LogP contribution in [0.1, 0.15) is 38.0 Å². The molecule has 0 saturated carbocycles. The number of ether oxygens (including phenoxy) is 2. The van der Waals surface area contributed by atoms with Crippen molar-refractivity contribution >= 4 is 0 Å². The second-order valence-corrected chi connectivity index (χ2v) is 5.27. The minimum atomic E-state index is -0.552. The van der Waals surface area contributed by atoms with Crippen LogP contribution < -0.4 is 5.73 Å². The maximum absolute atomic E-state index is 6.16. The van der Waals surface area contributed by atoms with Crippen molar-refractivity contribution in [1.29, 1.82) is 0 Å². The van der Waals surface area contributed by atoms with Gasteiger partial charge in [-0.1, -0.05) is 12.1 Å². The summed E-state index contributed by atoms with van der Waals surface area (Å²) in [5.41, 5.74) is 5.61. The third-order valence-corrected chi connectivity index (χ3v) is 3.91. The Balaban J connectivity index is 2.00. The van der Waals surface area contributed by atoms with Gasteiger partial charge >= 0.3 is 0 Å². The molecule has 0 aliphatic carbocycles. The van der Waals surface area contributed by atoms with Crippen molar-refractivity contribution in [2.45, 2.75) is 31.9 Å². The van der Waals surface area contributed by atoms with Crippen LogP contribution in [0.2, 0.25) is 0 Å². The summed E-state index contributed by atoms with van der Waals surface area (Å²) in [6, 6.07) is -0.261. The molecule has 1 aromatic heterocycles. The summed E-state index contributed by atoms with van der Waals surface area (Å²) in [6.45, 7) is 7.94. The van der Waals surface area contributed by atoms with Gasteiger partial charge in [-0.05, 0) is 13.3 Å². The smallest absolute Gasteiger partial charge is 0.258 e. The zero-order valence-corrected chi connectivity index (χ0v) is 12.5. The normalized spacial score (nSPS) is 21.6. The molecule has 1 aliphatic rings. The number of morpholine rings is 1. The minimum Gasteiger partial charge on any atom is -0.379 e. The van der Waals surface area contributed by atoms with Crippen LogP contribution in [0.3, 0.4) is 0 Å². The molecule has 1 saturated heterocycles. The number of hydrogen-bond donors (Lipinski definition) is 1. The van der Waals surface area contributed by atoms with Gasteiger partial charge in [0, 0.05) is 26.7 Å². The van der Waals surface area contributed by atoms with E-state index in [1.165, 1.54) is 0 Å². The van der Waals surface area contributed by atoms with E-state index in [9.17, 15) is 0 Å². The van der Waals surface area contributed by atoms with Crippen LogP contribution >= 0.6 is 0 Å². The molecule has 1 fully saturated rings. The predicted molar refractivity (Wildman–Crippen MR) is 73.1 cm³/mol. The molecule has 0 bridgehead atoms. The molecule has 114 valence electrons. The highest BCUT2D eigenvalue weighted by Gasteiger charge is 2.32. The van der Waals surface area contributed by atoms with Gasteiger partial charge in [0.05, 0.1) is 19.3 Å². The first-order valence-electron chi connectivity index (χ1n) is 7.04. The van der Waals surface area contributed by atoms with Crippen LogP contribution in [0.25, 0.3) is 0 Å². The van der Waals surface area contributed by atoms with Crippen molar-refractivity contribution in [1.82, 2.24) is 15.0 Å². The van der Waals surface area contributed by atoms with Gasteiger partial charge in [0.1, 0.15) is 5.60 Å². The number of nitrogens with two attached hydrogens (primary N) is 1. The molecule has 1 aliphatic heterocycles. The number of nitrogens with zero attached hydrogens (tertiary/aromatic N) is 3. The zero-order chi connectivity index (χ0) is 14.6. The molecule has 2 atom stereocenters. The van der Waals surface area contributed by atoms with E-state index in [4.69, 9.17) is 19.7 Å². The predicted octanol–water partition coefficient (Wildman–Crippen LogP) is 0.673. The minimum absolute atomic E-state index is 0.261. The lowest BCUT2D eigenvalue weighted by Gasteiger charge is -2.28. The van der Waals surface area contributed by atoms with Gasteiger partial charge in [-0.25, -0.2) is 0 Å². The van der Waals surface area contributed by atoms with Gasteiger partial charge in [-0.2, -0.15) is 4.98 Å². The van der Waals surface area contributed by atoms with Gasteiger partial charge < -0.3 is 19.7 Å². The Morgan fingerprint density at radius 1 is 1.45 bits per heavy atom. The Hall–Kier alpha value is -1.02. The lowest BCUT2D eigenvalue weighted by Crippen LogP contribution is -2.40. The van der Waals surface area contributed by atoms with Crippen LogP contribution in [0, 0.1) is 0 Å². The van der Waals surface area contributed by atoms with E-state index >= 15 is 0 Å². The molecule has 20 heavy (non-hydrogen) atoms. The third-order valence-electron chi connectivity index (χ3n) is 3.91. The molecular formula is C13H24N4O3. The molecule has 0 amide bonds. The Kier molecular flexibility index (Phi) is 5.09. The molecular weight excluding hydrogens is 260 g/mol. The van der Waals surface area contributed by atoms with E-state index < -0.39 is 5.60 Å². The van der Waals surface area contributed by atoms with Crippen molar-refractivity contribution in [3.8, 4) is 0 Å². The molecule has 2 heterocycles. The molecule has 0 aromatic carbocycles. The van der Waals surface area contributed by atoms with Crippen molar-refractivity contribution in [2.75, 3.05) is 40.0 Å². The van der Waals surface area contributed by atoms with Crippen LogP contribution in [0.4, 0.5) is 0 Å². The Labute approximate surface area is 119 Å². The standard InChI is InChI=1S/C13H24N4O3/c1-4-13(2,18-3)12-15-11(16-20-12)10(14)9-17-5-7-19-8-6-17/h10H,4-9,14H2,1-3H3. The fraction of sp³-hybridized carbons (Fsp3) is 0.846. The Bertz CT molecular complexity index is 414. The first-order valence-corrected chi connectivity index (χ1v) is 7.04. The summed E-state index contributed by atoms with van der Waals surface area (Å²) in [7, 11) is 1.64. The molecule has 2 rings (SSSR count). The highest BCUT2D eigenvalue weighted by molar-refractivity contribution is 5.01. The van der Waals surface area contributed by atoms with Crippen molar-refractivity contribution < 1.29 is 14.0 Å². The van der Waals surface area contributed by atoms with Gasteiger partial charge in [-0.15, -0.1) is 0 Å². The van der Waals surface area contributed by atoms with Crippen LogP contribution in [-0.2, 0) is 15.1 Å². The molecule has 2 unspecified atom stereocenters. The average molecular weight is 284 g/mol. The molecule has 7 nitrogen and oxygen atoms in total. The summed E-state index contributed by atoms with van der Waals surface area (Å²) in [5.74, 6) is 1.01. The first kappa shape index (κ1) is 15.4. The monoisotopic (exact) mass is 284 g/mol. The van der Waals surface area contributed by atoms with Gasteiger partial charge in [0.15, 0.2) is 5.82 Å². The molecule has 0 radical (unpaired) electrons. The van der Waals surface area contributed by atoms with Gasteiger partial charge in [0.2, 0.25) is 0 Å². The Morgan fingerprint density at radius 3 is 2.75 bits per heavy atom. The van der Waals surface area contributed by atoms with E-state index in [2.05, 4.69) is 15.0 Å². The first-order chi connectivity index (χ1) is 9.59. The van der Waals surface area contributed by atoms with Crippen LogP contribution in [0.15, 0.2) is 4.52 Å². The quantitative estimate of drug-likeness (QED) is 0.821. The number of methoxy groups -OCH3 is 1. The second-order valence-electron chi connectivity index (χ2n) is 5.27. The third kappa shape index (κ3) is 3.35. The fourth-order valence-electron chi connectivity index (χ4n) is 2.13. The van der Waals surface area contributed by atoms with E-state index in [-0.39, 0.29) is 6.04 Å². The van der Waals surface area contributed by atoms with Crippen LogP contribution in [-0.4, -0.2) is 55.0 Å². The van der Waals surface area contributed by atoms with Gasteiger partial charge in [-0.3, -0.25) is 4.90 Å². The van der Waals surface area contributed by atoms with Crippen LogP contribution in [0.5, 0.6) is 0 Å². The van der Waals surface area contributed by atoms with E-state index in [1.54, 1.807) is 7.11 Å². The maximum Gasteiger partial charge on any atom is 0.258 e. The topological polar surface area (TPSA) is 86.6 Å². The summed E-state index contributed by atoms with van der Waals surface area (Å²) >= 11 is 0. The maximum atomic E-state index is 6.16. The summed E-state index contributed by atoms with van der Waals surface area (Å²) in [5, 5.41) is 3.99. The van der Waals surface area contributed by atoms with E-state index in [0.717, 1.165) is 32.7 Å². The summed E-state index contributed by atoms with van der Waals surface area (Å²) in [6.07, 6.45) is 0.754. The fourth-order valence-corrected chi connectivity index (χ4v) is 2.13. The lowest BCUT2D eigenvalue weighted by atomic mass is 10.0. The average Bonchev–Trinajstić information content (AvgIpc) is 2.98. The van der Waals surface area contributed by atoms with Crippen molar-refractivity contribution in [3.63, 3.8) is 0 Å². The number of aromatic nitrogens is 2. The largest absolute Gasteiger partial charge is 0.379 e. The van der Waals surface area contributed by atoms with Crippen molar-refractivity contribution in [2.24, 2.45) is 5.73 Å². The summed E-state index contributed by atoms with van der Waals surface area (Å²) < 4.78 is 16.1. The number of rotatable bonds is 6. The summed E-state index contributed by atoms with van der Waals surface area (Å²) in [4.78, 5) is 6.65. The van der Waals surface area contributed by atoms with E-state index in [0.29, 0.717) is 18.3 Å².